The summed E-state index contributed by atoms with van der Waals surface area (Å²) in [4.78, 5) is -0.116. The number of nitrogens with two attached hydrogens (primary N) is 1. The first-order chi connectivity index (χ1) is 9.81. The number of ether oxygens (including phenoxy) is 1. The highest BCUT2D eigenvalue weighted by atomic mass is 79.9. The lowest BCUT2D eigenvalue weighted by Gasteiger charge is -2.28. The van der Waals surface area contributed by atoms with E-state index in [2.05, 4.69) is 20.7 Å². The molecule has 1 aromatic carbocycles. The molecule has 1 aliphatic heterocycles. The second-order valence-electron chi connectivity index (χ2n) is 5.16. The van der Waals surface area contributed by atoms with Gasteiger partial charge < -0.3 is 10.5 Å². The molecule has 2 rings (SSSR count). The van der Waals surface area contributed by atoms with Crippen LogP contribution in [0, 0.1) is 11.7 Å². The van der Waals surface area contributed by atoms with E-state index in [9.17, 15) is 12.8 Å². The summed E-state index contributed by atoms with van der Waals surface area (Å²) >= 11 is 2.98. The molecule has 118 valence electrons. The molecule has 3 N–H and O–H groups in total. The molecule has 0 aliphatic carbocycles. The molecule has 0 radical (unpaired) electrons. The highest BCUT2D eigenvalue weighted by molar-refractivity contribution is 9.10. The van der Waals surface area contributed by atoms with Crippen LogP contribution in [0.4, 0.5) is 10.1 Å². The first kappa shape index (κ1) is 16.7. The molecule has 0 bridgehead atoms. The van der Waals surface area contributed by atoms with Crippen molar-refractivity contribution in [2.75, 3.05) is 18.9 Å². The van der Waals surface area contributed by atoms with Crippen molar-refractivity contribution >= 4 is 31.6 Å². The number of halogens is 2. The Morgan fingerprint density at radius 1 is 1.43 bits per heavy atom. The van der Waals surface area contributed by atoms with Crippen molar-refractivity contribution in [2.45, 2.75) is 30.7 Å². The fourth-order valence-electron chi connectivity index (χ4n) is 2.40. The van der Waals surface area contributed by atoms with E-state index in [0.29, 0.717) is 13.2 Å². The molecule has 21 heavy (non-hydrogen) atoms. The minimum absolute atomic E-state index is 0.0656. The summed E-state index contributed by atoms with van der Waals surface area (Å²) in [6, 6.07) is 1.95. The van der Waals surface area contributed by atoms with E-state index >= 15 is 0 Å². The molecule has 0 aromatic heterocycles. The van der Waals surface area contributed by atoms with Gasteiger partial charge >= 0.3 is 0 Å². The van der Waals surface area contributed by atoms with Crippen molar-refractivity contribution in [3.8, 4) is 0 Å². The lowest BCUT2D eigenvalue weighted by molar-refractivity contribution is 0.0585. The van der Waals surface area contributed by atoms with Crippen LogP contribution in [0.3, 0.4) is 0 Å². The molecule has 1 unspecified atom stereocenters. The summed E-state index contributed by atoms with van der Waals surface area (Å²) in [6.07, 6.45) is 1.62. The molecule has 1 aliphatic rings. The molecule has 0 saturated carbocycles. The zero-order valence-electron chi connectivity index (χ0n) is 11.6. The maximum Gasteiger partial charge on any atom is 0.242 e. The molecule has 0 amide bonds. The first-order valence-corrected chi connectivity index (χ1v) is 8.93. The van der Waals surface area contributed by atoms with Gasteiger partial charge in [0.1, 0.15) is 10.7 Å². The standard InChI is InChI=1S/C13H18BrFN2O3S/c1-8(9-2-4-20-5-3-9)17-21(18,19)13-6-10(14)11(15)7-12(13)16/h6-9,17H,2-5,16H2,1H3. The molecule has 5 nitrogen and oxygen atoms in total. The zero-order valence-corrected chi connectivity index (χ0v) is 14.0. The van der Waals surface area contributed by atoms with E-state index in [1.54, 1.807) is 0 Å². The van der Waals surface area contributed by atoms with Crippen LogP contribution in [0.2, 0.25) is 0 Å². The molecule has 1 fully saturated rings. The van der Waals surface area contributed by atoms with Gasteiger partial charge in [0.05, 0.1) is 10.2 Å². The average Bonchev–Trinajstić information content (AvgIpc) is 2.43. The predicted molar refractivity (Wildman–Crippen MR) is 81.8 cm³/mol. The quantitative estimate of drug-likeness (QED) is 0.784. The fraction of sp³-hybridized carbons (Fsp3) is 0.538. The molecule has 1 heterocycles. The Balaban J connectivity index is 2.20. The third-order valence-corrected chi connectivity index (χ3v) is 5.88. The van der Waals surface area contributed by atoms with Crippen LogP contribution in [0.1, 0.15) is 19.8 Å². The predicted octanol–water partition coefficient (Wildman–Crippen LogP) is 2.26. The molecule has 1 atom stereocenters. The zero-order chi connectivity index (χ0) is 15.6. The van der Waals surface area contributed by atoms with Crippen LogP contribution in [-0.2, 0) is 14.8 Å². The van der Waals surface area contributed by atoms with Crippen molar-refractivity contribution in [2.24, 2.45) is 5.92 Å². The maximum absolute atomic E-state index is 13.3. The molecule has 0 spiro atoms. The number of sulfonamides is 1. The van der Waals surface area contributed by atoms with E-state index in [1.807, 2.05) is 6.92 Å². The molecular weight excluding hydrogens is 363 g/mol. The summed E-state index contributed by atoms with van der Waals surface area (Å²) in [5.41, 5.74) is 5.52. The van der Waals surface area contributed by atoms with Crippen LogP contribution in [0.5, 0.6) is 0 Å². The number of rotatable bonds is 4. The van der Waals surface area contributed by atoms with Gasteiger partial charge in [-0.3, -0.25) is 0 Å². The lowest BCUT2D eigenvalue weighted by Crippen LogP contribution is -2.40. The number of anilines is 1. The summed E-state index contributed by atoms with van der Waals surface area (Å²) in [5, 5.41) is 0. The van der Waals surface area contributed by atoms with E-state index in [-0.39, 0.29) is 27.0 Å². The van der Waals surface area contributed by atoms with Gasteiger partial charge in [0.15, 0.2) is 0 Å². The minimum Gasteiger partial charge on any atom is -0.398 e. The highest BCUT2D eigenvalue weighted by Gasteiger charge is 2.27. The highest BCUT2D eigenvalue weighted by Crippen LogP contribution is 2.27. The lowest BCUT2D eigenvalue weighted by atomic mass is 9.94. The van der Waals surface area contributed by atoms with Crippen molar-refractivity contribution < 1.29 is 17.5 Å². The van der Waals surface area contributed by atoms with E-state index in [0.717, 1.165) is 18.9 Å². The largest absolute Gasteiger partial charge is 0.398 e. The first-order valence-electron chi connectivity index (χ1n) is 6.66. The van der Waals surface area contributed by atoms with Crippen molar-refractivity contribution in [1.82, 2.24) is 4.72 Å². The van der Waals surface area contributed by atoms with E-state index < -0.39 is 15.8 Å². The summed E-state index contributed by atoms with van der Waals surface area (Å²) < 4.78 is 46.1. The normalized spacial score (nSPS) is 18.6. The number of benzene rings is 1. The van der Waals surface area contributed by atoms with Gasteiger partial charge in [-0.2, -0.15) is 0 Å². The van der Waals surface area contributed by atoms with Crippen LogP contribution < -0.4 is 10.5 Å². The number of hydrogen-bond acceptors (Lipinski definition) is 4. The third kappa shape index (κ3) is 3.94. The average molecular weight is 381 g/mol. The monoisotopic (exact) mass is 380 g/mol. The van der Waals surface area contributed by atoms with Crippen molar-refractivity contribution in [1.29, 1.82) is 0 Å². The number of nitrogen functional groups attached to an aromatic ring is 1. The Hall–Kier alpha value is -0.700. The SMILES string of the molecule is CC(NS(=O)(=O)c1cc(Br)c(F)cc1N)C1CCOCC1. The Bertz CT molecular complexity index is 618. The van der Waals surface area contributed by atoms with Crippen LogP contribution >= 0.6 is 15.9 Å². The topological polar surface area (TPSA) is 81.4 Å². The minimum atomic E-state index is -3.79. The third-order valence-electron chi connectivity index (χ3n) is 3.66. The van der Waals surface area contributed by atoms with Gasteiger partial charge in [-0.25, -0.2) is 17.5 Å². The molecular formula is C13H18BrFN2O3S. The Morgan fingerprint density at radius 2 is 2.05 bits per heavy atom. The van der Waals surface area contributed by atoms with Gasteiger partial charge in [0.2, 0.25) is 10.0 Å². The van der Waals surface area contributed by atoms with Gasteiger partial charge in [0.25, 0.3) is 0 Å². The van der Waals surface area contributed by atoms with E-state index in [4.69, 9.17) is 10.5 Å². The van der Waals surface area contributed by atoms with Crippen molar-refractivity contribution in [3.63, 3.8) is 0 Å². The summed E-state index contributed by atoms with van der Waals surface area (Å²) in [6.45, 7) is 3.10. The maximum atomic E-state index is 13.3. The van der Waals surface area contributed by atoms with Crippen LogP contribution in [0.25, 0.3) is 0 Å². The Morgan fingerprint density at radius 3 is 2.67 bits per heavy atom. The summed E-state index contributed by atoms with van der Waals surface area (Å²) in [5.74, 6) is -0.373. The smallest absolute Gasteiger partial charge is 0.242 e. The van der Waals surface area contributed by atoms with Crippen molar-refractivity contribution in [3.05, 3.63) is 22.4 Å². The molecule has 1 saturated heterocycles. The van der Waals surface area contributed by atoms with Crippen LogP contribution in [0.15, 0.2) is 21.5 Å². The number of hydrogen-bond donors (Lipinski definition) is 2. The summed E-state index contributed by atoms with van der Waals surface area (Å²) in [7, 11) is -3.79. The van der Waals surface area contributed by atoms with Crippen LogP contribution in [-0.4, -0.2) is 27.7 Å². The van der Waals surface area contributed by atoms with Gasteiger partial charge in [0, 0.05) is 19.3 Å². The molecule has 1 aromatic rings. The van der Waals surface area contributed by atoms with Gasteiger partial charge in [-0.05, 0) is 53.7 Å². The van der Waals surface area contributed by atoms with Gasteiger partial charge in [-0.1, -0.05) is 0 Å². The Kier molecular flexibility index (Phi) is 5.24. The Labute approximate surface area is 132 Å². The fourth-order valence-corrected chi connectivity index (χ4v) is 4.34. The van der Waals surface area contributed by atoms with Gasteiger partial charge in [-0.15, -0.1) is 0 Å². The second-order valence-corrected chi connectivity index (χ2v) is 7.70. The second kappa shape index (κ2) is 6.60. The number of nitrogens with one attached hydrogen (secondary N) is 1. The molecule has 8 heteroatoms. The van der Waals surface area contributed by atoms with E-state index in [1.165, 1.54) is 6.07 Å².